The standard InChI is InChI=1S/CH2O3.BH3O3.OSi/c2*2-1(3)4;1-2/h(H2,2,3,4);2-4H;/q;;+2/p-2. The summed E-state index contributed by atoms with van der Waals surface area (Å²) in [7, 11) is -0.444. The van der Waals surface area contributed by atoms with Gasteiger partial charge in [0.1, 0.15) is 0 Å². The van der Waals surface area contributed by atoms with E-state index in [1.54, 1.807) is 10.1 Å². The van der Waals surface area contributed by atoms with E-state index >= 15 is 0 Å². The Morgan fingerprint density at radius 3 is 1.20 bits per heavy atom. The van der Waals surface area contributed by atoms with Crippen molar-refractivity contribution in [2.45, 2.75) is 0 Å². The first-order chi connectivity index (χ1) is 4.46. The van der Waals surface area contributed by atoms with Gasteiger partial charge in [-0.1, -0.05) is 0 Å². The largest absolute Gasteiger partial charge is 0.631 e. The van der Waals surface area contributed by atoms with Gasteiger partial charge >= 0.3 is 21.9 Å². The summed E-state index contributed by atoms with van der Waals surface area (Å²) in [6.45, 7) is 0. The molecule has 0 rings (SSSR count). The predicted octanol–water partition coefficient (Wildman–Crippen LogP) is -5.00. The predicted molar refractivity (Wildman–Crippen MR) is 24.2 cm³/mol. The van der Waals surface area contributed by atoms with Gasteiger partial charge in [-0.05, 0) is 6.16 Å². The molecule has 0 aliphatic rings. The van der Waals surface area contributed by atoms with E-state index in [-0.39, 0.29) is 0 Å². The van der Waals surface area contributed by atoms with E-state index < -0.39 is 13.5 Å². The van der Waals surface area contributed by atoms with Crippen molar-refractivity contribution < 1.29 is 34.5 Å². The van der Waals surface area contributed by atoms with Gasteiger partial charge in [0.15, 0.2) is 0 Å². The van der Waals surface area contributed by atoms with Crippen molar-refractivity contribution in [2.24, 2.45) is 0 Å². The van der Waals surface area contributed by atoms with Crippen molar-refractivity contribution >= 4 is 23.6 Å². The van der Waals surface area contributed by atoms with E-state index in [2.05, 4.69) is 0 Å². The van der Waals surface area contributed by atoms with Crippen LogP contribution in [-0.2, 0) is 4.46 Å². The molecule has 9 heteroatoms. The summed E-state index contributed by atoms with van der Waals surface area (Å²) in [5.74, 6) is 0. The van der Waals surface area contributed by atoms with Crippen LogP contribution in [0.25, 0.3) is 0 Å². The normalized spacial score (nSPS) is 5.70. The third-order valence-electron chi connectivity index (χ3n) is 0. The average molecular weight is 166 g/mol. The third kappa shape index (κ3) is 476. The maximum Gasteiger partial charge on any atom is 0.631 e. The van der Waals surface area contributed by atoms with Gasteiger partial charge in [-0.3, -0.25) is 0 Å². The van der Waals surface area contributed by atoms with Crippen molar-refractivity contribution in [1.29, 1.82) is 0 Å². The Balaban J connectivity index is -0.0000000787. The maximum atomic E-state index is 8.33. The van der Waals surface area contributed by atoms with Gasteiger partial charge in [-0.15, -0.1) is 0 Å². The molecule has 0 amide bonds. The summed E-state index contributed by atoms with van der Waals surface area (Å²) >= 11 is 0. The van der Waals surface area contributed by atoms with Gasteiger partial charge in [0.05, 0.1) is 0 Å². The summed E-state index contributed by atoms with van der Waals surface area (Å²) < 4.78 is 8.06. The molecule has 0 radical (unpaired) electrons. The minimum Gasteiger partial charge on any atom is -0.402 e. The summed E-state index contributed by atoms with van der Waals surface area (Å²) in [5, 5.41) is 38.2. The quantitative estimate of drug-likeness (QED) is 0.306. The van der Waals surface area contributed by atoms with Gasteiger partial charge in [0, 0.05) is 0 Å². The van der Waals surface area contributed by atoms with E-state index in [0.29, 0.717) is 0 Å². The topological polar surface area (TPSA) is 141 Å². The molecule has 0 aliphatic carbocycles. The molecule has 3 N–H and O–H groups in total. The second kappa shape index (κ2) is 15.7. The van der Waals surface area contributed by atoms with Crippen LogP contribution in [0.4, 0.5) is 4.79 Å². The third-order valence-corrected chi connectivity index (χ3v) is 0. The molecule has 0 saturated carbocycles. The second-order valence-electron chi connectivity index (χ2n) is 0.596. The molecule has 0 heterocycles. The van der Waals surface area contributed by atoms with Crippen molar-refractivity contribution in [3.05, 3.63) is 0 Å². The monoisotopic (exact) mass is 166 g/mol. The molecule has 0 aromatic carbocycles. The Morgan fingerprint density at radius 1 is 1.20 bits per heavy atom. The molecule has 0 aromatic heterocycles. The first-order valence-electron chi connectivity index (χ1n) is 1.59. The molecule has 7 nitrogen and oxygen atoms in total. The molecule has 56 valence electrons. The van der Waals surface area contributed by atoms with E-state index in [1.165, 1.54) is 0 Å². The van der Waals surface area contributed by atoms with Crippen LogP contribution < -0.4 is 10.2 Å². The summed E-state index contributed by atoms with van der Waals surface area (Å²) in [5.41, 5.74) is 0. The molecule has 0 unspecified atom stereocenters. The number of rotatable bonds is 0. The van der Waals surface area contributed by atoms with Gasteiger partial charge < -0.3 is 30.1 Å². The van der Waals surface area contributed by atoms with E-state index in [1.807, 2.05) is 0 Å². The first-order valence-corrected chi connectivity index (χ1v) is 2.00. The fourth-order valence-corrected chi connectivity index (χ4v) is 0. The summed E-state index contributed by atoms with van der Waals surface area (Å²) in [6.07, 6.45) is -2.33. The van der Waals surface area contributed by atoms with E-state index in [9.17, 15) is 0 Å². The molecule has 0 fully saturated rings. The number of hydrogen-bond donors (Lipinski definition) is 3. The van der Waals surface area contributed by atoms with Crippen molar-refractivity contribution in [2.75, 3.05) is 0 Å². The Morgan fingerprint density at radius 2 is 1.20 bits per heavy atom. The van der Waals surface area contributed by atoms with Crippen LogP contribution >= 0.6 is 0 Å². The molecule has 0 saturated heterocycles. The molecular weight excluding hydrogens is 163 g/mol. The molecule has 0 aromatic rings. The Bertz CT molecular complexity index is 67.3. The number of carbonyl (C=O) groups is 1. The molecule has 0 bridgehead atoms. The van der Waals surface area contributed by atoms with Gasteiger partial charge in [0.25, 0.3) is 0 Å². The van der Waals surface area contributed by atoms with Crippen LogP contribution in [0.5, 0.6) is 0 Å². The molecule has 0 spiro atoms. The zero-order valence-corrected chi connectivity index (χ0v) is 5.55. The van der Waals surface area contributed by atoms with Gasteiger partial charge in [-0.25, -0.2) is 0 Å². The molecule has 0 aliphatic heterocycles. The maximum absolute atomic E-state index is 8.33. The van der Waals surface area contributed by atoms with Crippen LogP contribution in [-0.4, -0.2) is 38.7 Å². The van der Waals surface area contributed by atoms with Gasteiger partial charge in [0.2, 0.25) is 0 Å². The molecule has 10 heavy (non-hydrogen) atoms. The Labute approximate surface area is 59.2 Å². The van der Waals surface area contributed by atoms with Crippen LogP contribution in [0.3, 0.4) is 0 Å². The number of carboxylic acid groups (broad SMARTS) is 2. The van der Waals surface area contributed by atoms with Crippen molar-refractivity contribution in [3.8, 4) is 0 Å². The zero-order valence-electron chi connectivity index (χ0n) is 4.55. The minimum absolute atomic E-state index is 1.72. The average Bonchev–Trinajstić information content (AvgIpc) is 1.66. The smallest absolute Gasteiger partial charge is 0.402 e. The second-order valence-corrected chi connectivity index (χ2v) is 0.596. The first kappa shape index (κ1) is 16.1. The fraction of sp³-hybridized carbons (Fsp3) is 0. The van der Waals surface area contributed by atoms with Crippen LogP contribution in [0.15, 0.2) is 0 Å². The van der Waals surface area contributed by atoms with Crippen LogP contribution in [0.1, 0.15) is 0 Å². The Kier molecular flexibility index (Phi) is 25.3. The van der Waals surface area contributed by atoms with E-state index in [0.717, 1.165) is 0 Å². The van der Waals surface area contributed by atoms with Crippen LogP contribution in [0, 0.1) is 0 Å². The molecular formula is CH3BO7Si. The van der Waals surface area contributed by atoms with Crippen molar-refractivity contribution in [3.63, 3.8) is 0 Å². The number of carbonyl (C=O) groups excluding carboxylic acids is 1. The summed E-state index contributed by atoms with van der Waals surface area (Å²) in [6, 6.07) is 0. The SMILES string of the molecule is O=C([O-])[O-].O=[Si+2].OB(O)O. The zero-order chi connectivity index (χ0) is 9.15. The van der Waals surface area contributed by atoms with Gasteiger partial charge in [-0.2, -0.15) is 0 Å². The van der Waals surface area contributed by atoms with Crippen molar-refractivity contribution in [1.82, 2.24) is 0 Å². The number of hydrogen-bond acceptors (Lipinski definition) is 7. The fourth-order valence-electron chi connectivity index (χ4n) is 0. The Hall–Kier alpha value is -0.768. The minimum atomic E-state index is -2.33. The summed E-state index contributed by atoms with van der Waals surface area (Å²) in [4.78, 5) is 8.33. The van der Waals surface area contributed by atoms with Crippen LogP contribution in [0.2, 0.25) is 0 Å². The van der Waals surface area contributed by atoms with E-state index in [4.69, 9.17) is 34.5 Å². The molecule has 0 atom stereocenters.